The van der Waals surface area contributed by atoms with E-state index in [0.717, 1.165) is 21.7 Å². The minimum Gasteiger partial charge on any atom is -0.337 e. The Morgan fingerprint density at radius 1 is 1.42 bits per heavy atom. The fourth-order valence-corrected chi connectivity index (χ4v) is 5.51. The third-order valence-electron chi connectivity index (χ3n) is 3.71. The number of aromatic nitrogens is 1. The van der Waals surface area contributed by atoms with E-state index in [1.807, 2.05) is 13.0 Å². The Balaban J connectivity index is 1.73. The number of carbonyl (C=O) groups excluding carboxylic acids is 1. The number of sulfonamides is 1. The summed E-state index contributed by atoms with van der Waals surface area (Å²) in [6, 6.07) is 3.68. The highest BCUT2D eigenvalue weighted by Crippen LogP contribution is 2.32. The summed E-state index contributed by atoms with van der Waals surface area (Å²) in [7, 11) is -3.35. The molecule has 3 rings (SSSR count). The van der Waals surface area contributed by atoms with E-state index in [1.54, 1.807) is 11.0 Å². The first-order chi connectivity index (χ1) is 11.2. The number of fused-ring (bicyclic) bond motifs is 1. The van der Waals surface area contributed by atoms with Crippen LogP contribution in [0.3, 0.4) is 0 Å². The normalized spacial score (nSPS) is 15.9. The first-order valence-electron chi connectivity index (χ1n) is 7.23. The minimum absolute atomic E-state index is 0.0465. The lowest BCUT2D eigenvalue weighted by molar-refractivity contribution is -0.133. The molecule has 1 amide bonds. The van der Waals surface area contributed by atoms with Crippen LogP contribution in [-0.4, -0.2) is 37.0 Å². The van der Waals surface area contributed by atoms with Gasteiger partial charge in [0.25, 0.3) is 0 Å². The van der Waals surface area contributed by atoms with E-state index in [0.29, 0.717) is 29.0 Å². The second-order valence-corrected chi connectivity index (χ2v) is 10.2. The topological polar surface area (TPSA) is 79.4 Å². The predicted molar refractivity (Wildman–Crippen MR) is 97.4 cm³/mol. The van der Waals surface area contributed by atoms with Crippen LogP contribution in [0.4, 0.5) is 5.13 Å². The average Bonchev–Trinajstić information content (AvgIpc) is 3.08. The molecule has 0 saturated heterocycles. The maximum atomic E-state index is 12.7. The molecule has 3 heterocycles. The summed E-state index contributed by atoms with van der Waals surface area (Å²) in [4.78, 5) is 20.7. The Morgan fingerprint density at radius 3 is 2.79 bits per heavy atom. The van der Waals surface area contributed by atoms with Crippen LogP contribution >= 0.6 is 34.3 Å². The van der Waals surface area contributed by atoms with Crippen molar-refractivity contribution in [3.05, 3.63) is 31.9 Å². The lowest BCUT2D eigenvalue weighted by atomic mass is 10.1. The highest BCUT2D eigenvalue weighted by molar-refractivity contribution is 7.92. The van der Waals surface area contributed by atoms with Crippen molar-refractivity contribution < 1.29 is 13.2 Å². The summed E-state index contributed by atoms with van der Waals surface area (Å²) in [6.45, 7) is 2.92. The number of anilines is 1. The van der Waals surface area contributed by atoms with Crippen LogP contribution in [0.1, 0.15) is 28.3 Å². The number of rotatable bonds is 4. The van der Waals surface area contributed by atoms with E-state index in [-0.39, 0.29) is 11.8 Å². The highest BCUT2D eigenvalue weighted by atomic mass is 35.5. The molecule has 130 valence electrons. The van der Waals surface area contributed by atoms with Crippen molar-refractivity contribution in [3.8, 4) is 0 Å². The smallest absolute Gasteiger partial charge is 0.231 e. The van der Waals surface area contributed by atoms with Gasteiger partial charge in [0.2, 0.25) is 15.9 Å². The molecule has 0 spiro atoms. The Labute approximate surface area is 153 Å². The monoisotopic (exact) mass is 405 g/mol. The van der Waals surface area contributed by atoms with Gasteiger partial charge in [-0.1, -0.05) is 22.9 Å². The van der Waals surface area contributed by atoms with Gasteiger partial charge in [-0.15, -0.1) is 11.3 Å². The molecular formula is C14H16ClN3O3S3. The van der Waals surface area contributed by atoms with E-state index in [2.05, 4.69) is 9.71 Å². The molecule has 0 aliphatic carbocycles. The Kier molecular flexibility index (Phi) is 4.87. The van der Waals surface area contributed by atoms with Crippen molar-refractivity contribution in [2.24, 2.45) is 0 Å². The third kappa shape index (κ3) is 3.90. The van der Waals surface area contributed by atoms with Crippen molar-refractivity contribution in [2.45, 2.75) is 25.8 Å². The van der Waals surface area contributed by atoms with Crippen molar-refractivity contribution >= 4 is 55.3 Å². The minimum atomic E-state index is -3.35. The molecule has 10 heteroatoms. The fraction of sp³-hybridized carbons (Fsp3) is 0.429. The zero-order valence-electron chi connectivity index (χ0n) is 13.1. The number of nitrogens with zero attached hydrogens (tertiary/aromatic N) is 2. The summed E-state index contributed by atoms with van der Waals surface area (Å²) in [5.41, 5.74) is 0.863. The van der Waals surface area contributed by atoms with E-state index < -0.39 is 10.0 Å². The number of thiophene rings is 1. The maximum Gasteiger partial charge on any atom is 0.231 e. The number of hydrogen-bond acceptors (Lipinski definition) is 6. The van der Waals surface area contributed by atoms with Crippen molar-refractivity contribution in [1.82, 2.24) is 9.88 Å². The third-order valence-corrected chi connectivity index (χ3v) is 6.81. The summed E-state index contributed by atoms with van der Waals surface area (Å²) in [6.07, 6.45) is 1.72. The Hall–Kier alpha value is -1.16. The quantitative estimate of drug-likeness (QED) is 0.848. The van der Waals surface area contributed by atoms with Crippen LogP contribution < -0.4 is 4.72 Å². The lowest BCUT2D eigenvalue weighted by Gasteiger charge is -2.28. The highest BCUT2D eigenvalue weighted by Gasteiger charge is 2.28. The van der Waals surface area contributed by atoms with E-state index >= 15 is 0 Å². The summed E-state index contributed by atoms with van der Waals surface area (Å²) < 4.78 is 25.7. The molecule has 1 N–H and O–H groups in total. The van der Waals surface area contributed by atoms with Gasteiger partial charge in [-0.2, -0.15) is 0 Å². The van der Waals surface area contributed by atoms with Gasteiger partial charge < -0.3 is 4.90 Å². The Morgan fingerprint density at radius 2 is 2.17 bits per heavy atom. The van der Waals surface area contributed by atoms with Crippen LogP contribution in [0.25, 0.3) is 0 Å². The molecule has 0 aromatic carbocycles. The maximum absolute atomic E-state index is 12.7. The number of thiazole rings is 1. The SMILES string of the molecule is CC(C(=O)N1CCc2nc(NS(C)(=O)=O)sc2C1)c1ccc(Cl)s1. The number of halogens is 1. The van der Waals surface area contributed by atoms with Crippen LogP contribution in [0.5, 0.6) is 0 Å². The van der Waals surface area contributed by atoms with Crippen molar-refractivity contribution in [2.75, 3.05) is 17.5 Å². The summed E-state index contributed by atoms with van der Waals surface area (Å²) in [5, 5.41) is 0.356. The number of amides is 1. The molecule has 1 aliphatic rings. The van der Waals surface area contributed by atoms with Gasteiger partial charge in [0, 0.05) is 22.7 Å². The van der Waals surface area contributed by atoms with Gasteiger partial charge in [0.1, 0.15) is 0 Å². The number of nitrogens with one attached hydrogen (secondary N) is 1. The van der Waals surface area contributed by atoms with Crippen molar-refractivity contribution in [3.63, 3.8) is 0 Å². The van der Waals surface area contributed by atoms with Gasteiger partial charge >= 0.3 is 0 Å². The van der Waals surface area contributed by atoms with Gasteiger partial charge in [-0.05, 0) is 19.1 Å². The van der Waals surface area contributed by atoms with E-state index in [1.165, 1.54) is 22.7 Å². The molecule has 1 unspecified atom stereocenters. The molecule has 0 saturated carbocycles. The first kappa shape index (κ1) is 17.7. The van der Waals surface area contributed by atoms with Gasteiger partial charge in [0.15, 0.2) is 5.13 Å². The number of carbonyl (C=O) groups is 1. The van der Waals surface area contributed by atoms with E-state index in [9.17, 15) is 13.2 Å². The van der Waals surface area contributed by atoms with Crippen LogP contribution in [0.15, 0.2) is 12.1 Å². The first-order valence-corrected chi connectivity index (χ1v) is 11.1. The van der Waals surface area contributed by atoms with Gasteiger partial charge in [0.05, 0.1) is 28.7 Å². The molecule has 2 aromatic heterocycles. The van der Waals surface area contributed by atoms with Gasteiger partial charge in [-0.3, -0.25) is 9.52 Å². The standard InChI is InChI=1S/C14H16ClN3O3S3/c1-8(10-3-4-12(15)22-10)13(19)18-6-5-9-11(7-18)23-14(16-9)17-24(2,20)21/h3-4,8H,5-7H2,1-2H3,(H,16,17). The average molecular weight is 406 g/mol. The second kappa shape index (κ2) is 6.62. The summed E-state index contributed by atoms with van der Waals surface area (Å²) in [5.74, 6) is -0.198. The zero-order valence-corrected chi connectivity index (χ0v) is 16.3. The van der Waals surface area contributed by atoms with E-state index in [4.69, 9.17) is 11.6 Å². The zero-order chi connectivity index (χ0) is 17.5. The van der Waals surface area contributed by atoms with Crippen LogP contribution in [-0.2, 0) is 27.8 Å². The van der Waals surface area contributed by atoms with Crippen LogP contribution in [0.2, 0.25) is 4.34 Å². The Bertz CT molecular complexity index is 875. The summed E-state index contributed by atoms with van der Waals surface area (Å²) >= 11 is 8.65. The molecule has 0 bridgehead atoms. The largest absolute Gasteiger partial charge is 0.337 e. The molecule has 6 nitrogen and oxygen atoms in total. The number of hydrogen-bond donors (Lipinski definition) is 1. The molecule has 1 atom stereocenters. The molecule has 24 heavy (non-hydrogen) atoms. The molecule has 1 aliphatic heterocycles. The van der Waals surface area contributed by atoms with Crippen LogP contribution in [0, 0.1) is 0 Å². The predicted octanol–water partition coefficient (Wildman–Crippen LogP) is 2.92. The molecule has 0 radical (unpaired) electrons. The van der Waals surface area contributed by atoms with Crippen molar-refractivity contribution in [1.29, 1.82) is 0 Å². The molecular weight excluding hydrogens is 390 g/mol. The molecule has 2 aromatic rings. The van der Waals surface area contributed by atoms with Gasteiger partial charge in [-0.25, -0.2) is 13.4 Å². The lowest BCUT2D eigenvalue weighted by Crippen LogP contribution is -2.37. The fourth-order valence-electron chi connectivity index (χ4n) is 2.54. The second-order valence-electron chi connectivity index (χ2n) is 5.64. The molecule has 0 fully saturated rings.